The van der Waals surface area contributed by atoms with Crippen LogP contribution >= 0.6 is 0 Å². The molecule has 3 fully saturated rings. The molecule has 0 spiro atoms. The minimum atomic E-state index is -3.81. The number of hydrogen-bond donors (Lipinski definition) is 0. The van der Waals surface area contributed by atoms with Gasteiger partial charge in [0, 0.05) is 29.2 Å². The van der Waals surface area contributed by atoms with Crippen molar-refractivity contribution in [3.63, 3.8) is 0 Å². The molecule has 5 rings (SSSR count). The average molecular weight is 575 g/mol. The molecule has 0 aromatic heterocycles. The Labute approximate surface area is 229 Å². The number of ether oxygens (including phenoxy) is 3. The highest BCUT2D eigenvalue weighted by atomic mass is 19.3. The molecule has 3 aliphatic rings. The van der Waals surface area contributed by atoms with Crippen molar-refractivity contribution < 1.29 is 44.9 Å². The highest BCUT2D eigenvalue weighted by Gasteiger charge is 2.45. The Morgan fingerprint density at radius 3 is 1.80 bits per heavy atom. The monoisotopic (exact) mass is 574 g/mol. The van der Waals surface area contributed by atoms with Gasteiger partial charge in [0.25, 0.3) is 0 Å². The van der Waals surface area contributed by atoms with E-state index in [0.29, 0.717) is 31.3 Å². The van der Waals surface area contributed by atoms with Crippen LogP contribution in [0.3, 0.4) is 0 Å². The van der Waals surface area contributed by atoms with Gasteiger partial charge in [-0.05, 0) is 68.4 Å². The summed E-state index contributed by atoms with van der Waals surface area (Å²) in [6.07, 6.45) is -0.220. The molecule has 220 valence electrons. The summed E-state index contributed by atoms with van der Waals surface area (Å²) in [7, 11) is 0. The van der Waals surface area contributed by atoms with Crippen molar-refractivity contribution in [2.24, 2.45) is 23.7 Å². The van der Waals surface area contributed by atoms with E-state index in [1.165, 1.54) is 25.0 Å². The SMILES string of the molecule is CC1CCC(C2COC(c3cc(F)c(C4CCC(C(F)(F)Oc5cc(F)c(F)c(F)c5)CC4)c(F)c3)OC2)CC1. The first-order chi connectivity index (χ1) is 19.0. The molecule has 2 aromatic carbocycles. The Morgan fingerprint density at radius 1 is 0.700 bits per heavy atom. The maximum Gasteiger partial charge on any atom is 0.400 e. The lowest BCUT2D eigenvalue weighted by molar-refractivity contribution is -0.222. The Morgan fingerprint density at radius 2 is 1.25 bits per heavy atom. The fourth-order valence-electron chi connectivity index (χ4n) is 6.42. The van der Waals surface area contributed by atoms with Gasteiger partial charge in [0.1, 0.15) is 17.4 Å². The molecule has 0 atom stereocenters. The predicted molar refractivity (Wildman–Crippen MR) is 132 cm³/mol. The minimum Gasteiger partial charge on any atom is -0.432 e. The lowest BCUT2D eigenvalue weighted by Gasteiger charge is -2.37. The molecule has 2 saturated carbocycles. The third-order valence-electron chi connectivity index (χ3n) is 8.85. The fourth-order valence-corrected chi connectivity index (χ4v) is 6.42. The van der Waals surface area contributed by atoms with Crippen LogP contribution < -0.4 is 4.74 Å². The average Bonchev–Trinajstić information content (AvgIpc) is 2.92. The fraction of sp³-hybridized carbons (Fsp3) is 0.600. The number of halogens is 7. The van der Waals surface area contributed by atoms with Gasteiger partial charge in [-0.3, -0.25) is 0 Å². The molecule has 2 aromatic rings. The molecule has 3 nitrogen and oxygen atoms in total. The highest BCUT2D eigenvalue weighted by Crippen LogP contribution is 2.45. The Bertz CT molecular complexity index is 1140. The third kappa shape index (κ3) is 6.27. The van der Waals surface area contributed by atoms with Crippen molar-refractivity contribution in [3.05, 3.63) is 64.5 Å². The summed E-state index contributed by atoms with van der Waals surface area (Å²) in [5.41, 5.74) is 0.0703. The van der Waals surface area contributed by atoms with E-state index >= 15 is 8.78 Å². The van der Waals surface area contributed by atoms with E-state index in [1.54, 1.807) is 0 Å². The predicted octanol–water partition coefficient (Wildman–Crippen LogP) is 8.82. The van der Waals surface area contributed by atoms with Gasteiger partial charge in [0.05, 0.1) is 19.1 Å². The van der Waals surface area contributed by atoms with Crippen LogP contribution in [0.25, 0.3) is 0 Å². The molecule has 0 bridgehead atoms. The number of alkyl halides is 2. The summed E-state index contributed by atoms with van der Waals surface area (Å²) in [5.74, 6) is -7.95. The van der Waals surface area contributed by atoms with E-state index in [9.17, 15) is 22.0 Å². The smallest absolute Gasteiger partial charge is 0.400 e. The van der Waals surface area contributed by atoms with E-state index in [2.05, 4.69) is 11.7 Å². The summed E-state index contributed by atoms with van der Waals surface area (Å²) in [5, 5.41) is 0. The Balaban J connectivity index is 1.18. The van der Waals surface area contributed by atoms with Gasteiger partial charge in [-0.15, -0.1) is 0 Å². The summed E-state index contributed by atoms with van der Waals surface area (Å²) < 4.78 is 116. The van der Waals surface area contributed by atoms with Crippen molar-refractivity contribution in [1.82, 2.24) is 0 Å². The van der Waals surface area contributed by atoms with Gasteiger partial charge in [-0.2, -0.15) is 8.78 Å². The van der Waals surface area contributed by atoms with Crippen molar-refractivity contribution in [2.45, 2.75) is 76.6 Å². The molecule has 1 aliphatic heterocycles. The number of hydrogen-bond acceptors (Lipinski definition) is 3. The van der Waals surface area contributed by atoms with Gasteiger partial charge >= 0.3 is 6.11 Å². The molecule has 0 N–H and O–H groups in total. The Kier molecular flexibility index (Phi) is 8.66. The van der Waals surface area contributed by atoms with Crippen LogP contribution in [0.15, 0.2) is 24.3 Å². The lowest BCUT2D eigenvalue weighted by atomic mass is 9.76. The van der Waals surface area contributed by atoms with Crippen molar-refractivity contribution in [1.29, 1.82) is 0 Å². The van der Waals surface area contributed by atoms with Gasteiger partial charge < -0.3 is 14.2 Å². The molecule has 2 aliphatic carbocycles. The quantitative estimate of drug-likeness (QED) is 0.255. The van der Waals surface area contributed by atoms with Crippen LogP contribution in [0.4, 0.5) is 30.7 Å². The summed E-state index contributed by atoms with van der Waals surface area (Å²) in [6, 6.07) is 3.07. The number of rotatable bonds is 6. The van der Waals surface area contributed by atoms with Crippen LogP contribution in [0.1, 0.15) is 81.6 Å². The minimum absolute atomic E-state index is 0.0566. The van der Waals surface area contributed by atoms with E-state index in [1.807, 2.05) is 0 Å². The normalized spacial score (nSPS) is 29.8. The van der Waals surface area contributed by atoms with Gasteiger partial charge in [0.2, 0.25) is 0 Å². The summed E-state index contributed by atoms with van der Waals surface area (Å²) >= 11 is 0. The van der Waals surface area contributed by atoms with E-state index in [-0.39, 0.29) is 42.7 Å². The molecule has 1 heterocycles. The highest BCUT2D eigenvalue weighted by molar-refractivity contribution is 5.30. The topological polar surface area (TPSA) is 27.7 Å². The molecular formula is C30H33F7O3. The van der Waals surface area contributed by atoms with E-state index in [4.69, 9.17) is 9.47 Å². The maximum absolute atomic E-state index is 15.2. The van der Waals surface area contributed by atoms with Crippen molar-refractivity contribution in [3.8, 4) is 5.75 Å². The zero-order valence-corrected chi connectivity index (χ0v) is 22.2. The molecule has 0 amide bonds. The van der Waals surface area contributed by atoms with Crippen molar-refractivity contribution in [2.75, 3.05) is 13.2 Å². The van der Waals surface area contributed by atoms with Crippen LogP contribution in [0.5, 0.6) is 5.75 Å². The molecule has 0 unspecified atom stereocenters. The standard InChI is InChI=1S/C30H33F7O3/c1-16-2-4-17(5-3-16)20-14-38-29(39-15-20)19-10-23(31)27(24(32)11-19)18-6-8-21(9-7-18)30(36,37)40-22-12-25(33)28(35)26(34)13-22/h10-13,16-18,20-21,29H,2-9,14-15H2,1H3. The van der Waals surface area contributed by atoms with Crippen LogP contribution in [-0.2, 0) is 9.47 Å². The number of benzene rings is 2. The van der Waals surface area contributed by atoms with Crippen LogP contribution in [0.2, 0.25) is 0 Å². The molecule has 1 saturated heterocycles. The maximum atomic E-state index is 15.2. The van der Waals surface area contributed by atoms with Gasteiger partial charge in [-0.25, -0.2) is 22.0 Å². The largest absolute Gasteiger partial charge is 0.432 e. The first-order valence-corrected chi connectivity index (χ1v) is 13.9. The lowest BCUT2D eigenvalue weighted by Crippen LogP contribution is -2.37. The Hall–Kier alpha value is -2.33. The molecule has 40 heavy (non-hydrogen) atoms. The third-order valence-corrected chi connectivity index (χ3v) is 8.85. The van der Waals surface area contributed by atoms with Gasteiger partial charge in [-0.1, -0.05) is 19.8 Å². The van der Waals surface area contributed by atoms with E-state index in [0.717, 1.165) is 18.8 Å². The van der Waals surface area contributed by atoms with Crippen LogP contribution in [0, 0.1) is 52.8 Å². The second-order valence-electron chi connectivity index (χ2n) is 11.6. The molecular weight excluding hydrogens is 541 g/mol. The first-order valence-electron chi connectivity index (χ1n) is 13.9. The van der Waals surface area contributed by atoms with Gasteiger partial charge in [0.15, 0.2) is 23.7 Å². The summed E-state index contributed by atoms with van der Waals surface area (Å²) in [4.78, 5) is 0. The molecule has 0 radical (unpaired) electrons. The zero-order valence-electron chi connectivity index (χ0n) is 22.2. The first kappa shape index (κ1) is 29.2. The second-order valence-corrected chi connectivity index (χ2v) is 11.6. The molecule has 10 heteroatoms. The van der Waals surface area contributed by atoms with Crippen molar-refractivity contribution >= 4 is 0 Å². The van der Waals surface area contributed by atoms with E-state index < -0.39 is 59.1 Å². The second kappa shape index (κ2) is 11.9. The van der Waals surface area contributed by atoms with Crippen LogP contribution in [-0.4, -0.2) is 19.3 Å². The summed E-state index contributed by atoms with van der Waals surface area (Å²) in [6.45, 7) is 3.18. The zero-order chi connectivity index (χ0) is 28.6.